The molecular weight excluding hydrogens is 348 g/mol. The molecule has 0 saturated carbocycles. The molecule has 8 heteroatoms. The Morgan fingerprint density at radius 2 is 1.58 bits per heavy atom. The summed E-state index contributed by atoms with van der Waals surface area (Å²) in [6.07, 6.45) is -4.39. The number of halogens is 4. The second-order valence-corrected chi connectivity index (χ2v) is 5.52. The van der Waals surface area contributed by atoms with Gasteiger partial charge in [0.15, 0.2) is 0 Å². The number of hydrogen-bond acceptors (Lipinski definition) is 4. The number of aryl methyl sites for hydroxylation is 1. The van der Waals surface area contributed by atoms with E-state index in [0.717, 1.165) is 12.1 Å². The summed E-state index contributed by atoms with van der Waals surface area (Å²) in [6.45, 7) is 1.73. The van der Waals surface area contributed by atoms with Gasteiger partial charge in [0.2, 0.25) is 5.95 Å². The number of nitrogens with one attached hydrogen (secondary N) is 2. The van der Waals surface area contributed by atoms with E-state index in [2.05, 4.69) is 20.6 Å². The number of nitrogens with zero attached hydrogens (tertiary/aromatic N) is 2. The zero-order chi connectivity index (χ0) is 18.7. The van der Waals surface area contributed by atoms with Gasteiger partial charge in [-0.1, -0.05) is 12.1 Å². The number of para-hydroxylation sites is 1. The molecule has 0 atom stereocenters. The molecule has 0 aliphatic heterocycles. The van der Waals surface area contributed by atoms with Crippen molar-refractivity contribution in [2.45, 2.75) is 13.1 Å². The molecule has 1 heterocycles. The molecule has 3 aromatic rings. The molecule has 26 heavy (non-hydrogen) atoms. The van der Waals surface area contributed by atoms with E-state index >= 15 is 0 Å². The van der Waals surface area contributed by atoms with Crippen molar-refractivity contribution < 1.29 is 17.6 Å². The molecule has 2 aromatic carbocycles. The first-order valence-corrected chi connectivity index (χ1v) is 7.63. The normalized spacial score (nSPS) is 11.3. The van der Waals surface area contributed by atoms with E-state index in [1.54, 1.807) is 31.2 Å². The Morgan fingerprint density at radius 3 is 2.23 bits per heavy atom. The summed E-state index contributed by atoms with van der Waals surface area (Å²) < 4.78 is 51.6. The van der Waals surface area contributed by atoms with Crippen LogP contribution in [0.15, 0.2) is 54.6 Å². The molecule has 134 valence electrons. The molecule has 0 saturated heterocycles. The lowest BCUT2D eigenvalue weighted by molar-refractivity contribution is -0.137. The van der Waals surface area contributed by atoms with Gasteiger partial charge in [0.25, 0.3) is 0 Å². The highest BCUT2D eigenvalue weighted by Gasteiger charge is 2.29. The molecule has 0 spiro atoms. The third-order valence-electron chi connectivity index (χ3n) is 3.46. The first-order valence-electron chi connectivity index (χ1n) is 7.63. The van der Waals surface area contributed by atoms with Crippen LogP contribution >= 0.6 is 0 Å². The van der Waals surface area contributed by atoms with Gasteiger partial charge in [-0.15, -0.1) is 0 Å². The van der Waals surface area contributed by atoms with E-state index in [4.69, 9.17) is 0 Å². The van der Waals surface area contributed by atoms with Crippen molar-refractivity contribution in [2.24, 2.45) is 0 Å². The van der Waals surface area contributed by atoms with Crippen LogP contribution in [0.5, 0.6) is 0 Å². The summed E-state index contributed by atoms with van der Waals surface area (Å²) in [5, 5.41) is 5.69. The predicted octanol–water partition coefficient (Wildman–Crippen LogP) is 5.43. The molecule has 0 aliphatic carbocycles. The van der Waals surface area contributed by atoms with E-state index in [1.807, 2.05) is 0 Å². The second-order valence-electron chi connectivity index (χ2n) is 5.52. The van der Waals surface area contributed by atoms with Crippen molar-refractivity contribution in [1.82, 2.24) is 9.97 Å². The fourth-order valence-corrected chi connectivity index (χ4v) is 2.26. The number of benzene rings is 2. The molecule has 0 amide bonds. The van der Waals surface area contributed by atoms with Crippen LogP contribution in [0.2, 0.25) is 0 Å². The molecule has 4 nitrogen and oxygen atoms in total. The SMILES string of the molecule is Cc1cc(Nc2ccc(C(F)(F)F)cc2)nc(Nc2ccccc2F)n1. The van der Waals surface area contributed by atoms with Gasteiger partial charge in [0.05, 0.1) is 11.3 Å². The molecule has 0 radical (unpaired) electrons. The Kier molecular flexibility index (Phi) is 4.75. The highest BCUT2D eigenvalue weighted by atomic mass is 19.4. The van der Waals surface area contributed by atoms with Gasteiger partial charge in [-0.3, -0.25) is 0 Å². The largest absolute Gasteiger partial charge is 0.416 e. The van der Waals surface area contributed by atoms with Gasteiger partial charge < -0.3 is 10.6 Å². The van der Waals surface area contributed by atoms with E-state index in [1.165, 1.54) is 18.2 Å². The molecule has 0 bridgehead atoms. The first kappa shape index (κ1) is 17.7. The zero-order valence-electron chi connectivity index (χ0n) is 13.6. The molecular formula is C18H14F4N4. The Hall–Kier alpha value is -3.16. The molecule has 3 rings (SSSR count). The number of aromatic nitrogens is 2. The number of anilines is 4. The number of alkyl halides is 3. The Morgan fingerprint density at radius 1 is 0.885 bits per heavy atom. The van der Waals surface area contributed by atoms with Crippen molar-refractivity contribution >= 4 is 23.1 Å². The maximum Gasteiger partial charge on any atom is 0.416 e. The minimum Gasteiger partial charge on any atom is -0.340 e. The Bertz CT molecular complexity index is 908. The van der Waals surface area contributed by atoms with Crippen molar-refractivity contribution in [3.63, 3.8) is 0 Å². The van der Waals surface area contributed by atoms with Crippen molar-refractivity contribution in [3.8, 4) is 0 Å². The van der Waals surface area contributed by atoms with Gasteiger partial charge >= 0.3 is 6.18 Å². The van der Waals surface area contributed by atoms with Crippen LogP contribution in [-0.2, 0) is 6.18 Å². The van der Waals surface area contributed by atoms with Gasteiger partial charge in [-0.2, -0.15) is 18.2 Å². The second kappa shape index (κ2) is 6.99. The predicted molar refractivity (Wildman–Crippen MR) is 91.2 cm³/mol. The van der Waals surface area contributed by atoms with Gasteiger partial charge in [0, 0.05) is 17.4 Å². The highest BCUT2D eigenvalue weighted by Crippen LogP contribution is 2.30. The summed E-state index contributed by atoms with van der Waals surface area (Å²) in [4.78, 5) is 8.39. The quantitative estimate of drug-likeness (QED) is 0.608. The van der Waals surface area contributed by atoms with Crippen molar-refractivity contribution in [1.29, 1.82) is 0 Å². The summed E-state index contributed by atoms with van der Waals surface area (Å²) in [6, 6.07) is 12.3. The Balaban J connectivity index is 1.80. The topological polar surface area (TPSA) is 49.8 Å². The lowest BCUT2D eigenvalue weighted by atomic mass is 10.2. The molecule has 0 unspecified atom stereocenters. The lowest BCUT2D eigenvalue weighted by Gasteiger charge is -2.11. The van der Waals surface area contributed by atoms with Crippen LogP contribution in [0.1, 0.15) is 11.3 Å². The summed E-state index contributed by atoms with van der Waals surface area (Å²) >= 11 is 0. The number of hydrogen-bond donors (Lipinski definition) is 2. The molecule has 0 aliphatic rings. The first-order chi connectivity index (χ1) is 12.3. The molecule has 2 N–H and O–H groups in total. The van der Waals surface area contributed by atoms with Crippen LogP contribution in [-0.4, -0.2) is 9.97 Å². The monoisotopic (exact) mass is 362 g/mol. The van der Waals surface area contributed by atoms with Gasteiger partial charge in [0.1, 0.15) is 11.6 Å². The van der Waals surface area contributed by atoms with E-state index in [9.17, 15) is 17.6 Å². The third kappa shape index (κ3) is 4.27. The van der Waals surface area contributed by atoms with Crippen LogP contribution < -0.4 is 10.6 Å². The van der Waals surface area contributed by atoms with Gasteiger partial charge in [-0.05, 0) is 43.3 Å². The lowest BCUT2D eigenvalue weighted by Crippen LogP contribution is -2.05. The van der Waals surface area contributed by atoms with Crippen LogP contribution in [0.3, 0.4) is 0 Å². The van der Waals surface area contributed by atoms with Crippen LogP contribution in [0.4, 0.5) is 40.7 Å². The van der Waals surface area contributed by atoms with E-state index < -0.39 is 17.6 Å². The smallest absolute Gasteiger partial charge is 0.340 e. The fraction of sp³-hybridized carbons (Fsp3) is 0.111. The third-order valence-corrected chi connectivity index (χ3v) is 3.46. The highest BCUT2D eigenvalue weighted by molar-refractivity contribution is 5.60. The maximum atomic E-state index is 13.7. The molecule has 1 aromatic heterocycles. The van der Waals surface area contributed by atoms with Crippen molar-refractivity contribution in [2.75, 3.05) is 10.6 Å². The average Bonchev–Trinajstić information content (AvgIpc) is 2.56. The Labute approximate surface area is 146 Å². The summed E-state index contributed by atoms with van der Waals surface area (Å²) in [7, 11) is 0. The summed E-state index contributed by atoms with van der Waals surface area (Å²) in [5.41, 5.74) is 0.531. The maximum absolute atomic E-state index is 13.7. The molecule has 0 fully saturated rings. The minimum absolute atomic E-state index is 0.171. The van der Waals surface area contributed by atoms with Crippen LogP contribution in [0, 0.1) is 12.7 Å². The van der Waals surface area contributed by atoms with Crippen LogP contribution in [0.25, 0.3) is 0 Å². The van der Waals surface area contributed by atoms with Crippen molar-refractivity contribution in [3.05, 3.63) is 71.7 Å². The van der Waals surface area contributed by atoms with Gasteiger partial charge in [-0.25, -0.2) is 9.37 Å². The standard InChI is InChI=1S/C18H14F4N4/c1-11-10-16(24-13-8-6-12(7-9-13)18(20,21)22)26-17(23-11)25-15-5-3-2-4-14(15)19/h2-10H,1H3,(H2,23,24,25,26). The fourth-order valence-electron chi connectivity index (χ4n) is 2.26. The van der Waals surface area contributed by atoms with E-state index in [0.29, 0.717) is 17.2 Å². The minimum atomic E-state index is -4.39. The van der Waals surface area contributed by atoms with E-state index in [-0.39, 0.29) is 11.6 Å². The average molecular weight is 362 g/mol. The summed E-state index contributed by atoms with van der Waals surface area (Å²) in [5.74, 6) is 0.0930. The number of rotatable bonds is 4. The zero-order valence-corrected chi connectivity index (χ0v) is 13.6.